The van der Waals surface area contributed by atoms with Gasteiger partial charge in [-0.25, -0.2) is 0 Å². The van der Waals surface area contributed by atoms with Gasteiger partial charge in [0, 0.05) is 0 Å². The molecule has 1 aliphatic rings. The van der Waals surface area contributed by atoms with E-state index in [4.69, 9.17) is 10.5 Å². The minimum absolute atomic E-state index is 0.280. The number of nitrogens with two attached hydrogens (primary N) is 1. The van der Waals surface area contributed by atoms with Crippen LogP contribution in [0.5, 0.6) is 5.75 Å². The highest BCUT2D eigenvalue weighted by Crippen LogP contribution is 2.28. The number of fused-ring (bicyclic) bond motifs is 1. The van der Waals surface area contributed by atoms with Gasteiger partial charge in [0.15, 0.2) is 5.75 Å². The topological polar surface area (TPSA) is 76.7 Å². The lowest BCUT2D eigenvalue weighted by Gasteiger charge is -2.06. The molecule has 0 saturated heterocycles. The van der Waals surface area contributed by atoms with Gasteiger partial charge in [0.2, 0.25) is 5.91 Å². The van der Waals surface area contributed by atoms with Gasteiger partial charge in [-0.1, -0.05) is 12.1 Å². The third-order valence-corrected chi connectivity index (χ3v) is 2.20. The molecule has 0 fully saturated rings. The molecule has 2 rings (SSSR count). The first kappa shape index (κ1) is 11.3. The Labute approximate surface area is 99.0 Å². The fraction of sp³-hybridized carbons (Fsp3) is 0.167. The number of hydrogen-bond donors (Lipinski definition) is 2. The lowest BCUT2D eigenvalue weighted by molar-refractivity contribution is -0.121. The van der Waals surface area contributed by atoms with Crippen LogP contribution in [0.1, 0.15) is 6.92 Å². The van der Waals surface area contributed by atoms with E-state index in [1.165, 1.54) is 12.5 Å². The Morgan fingerprint density at radius 1 is 1.47 bits per heavy atom. The number of amides is 1. The number of nitrogens with one attached hydrogen (secondary N) is 1. The summed E-state index contributed by atoms with van der Waals surface area (Å²) in [5.41, 5.74) is 6.64. The minimum atomic E-state index is -0.574. The summed E-state index contributed by atoms with van der Waals surface area (Å²) in [6.45, 7) is 1.61. The molecule has 0 spiro atoms. The zero-order valence-electron chi connectivity index (χ0n) is 9.38. The number of carbonyl (C=O) groups is 1. The molecule has 1 amide bonds. The molecule has 1 aromatic rings. The maximum absolute atomic E-state index is 11.4. The predicted octanol–water partition coefficient (Wildman–Crippen LogP) is 1.09. The van der Waals surface area contributed by atoms with Crippen LogP contribution in [0.25, 0.3) is 0 Å². The Morgan fingerprint density at radius 3 is 3.00 bits per heavy atom. The van der Waals surface area contributed by atoms with E-state index in [0.29, 0.717) is 17.1 Å². The summed E-state index contributed by atoms with van der Waals surface area (Å²) in [5, 5.41) is 2.62. The van der Waals surface area contributed by atoms with Crippen molar-refractivity contribution >= 4 is 17.8 Å². The van der Waals surface area contributed by atoms with Crippen LogP contribution >= 0.6 is 0 Å². The van der Waals surface area contributed by atoms with Crippen LogP contribution < -0.4 is 15.8 Å². The monoisotopic (exact) mass is 231 g/mol. The Balaban J connectivity index is 2.15. The van der Waals surface area contributed by atoms with Crippen LogP contribution in [0.15, 0.2) is 41.2 Å². The van der Waals surface area contributed by atoms with Crippen molar-refractivity contribution < 1.29 is 9.53 Å². The molecule has 1 atom stereocenters. The number of rotatable bonds is 2. The van der Waals surface area contributed by atoms with Crippen LogP contribution in [0, 0.1) is 0 Å². The highest BCUT2D eigenvalue weighted by atomic mass is 16.5. The molecule has 17 heavy (non-hydrogen) atoms. The molecule has 0 saturated carbocycles. The number of nitrogens with zero attached hydrogens (tertiary/aromatic N) is 1. The highest BCUT2D eigenvalue weighted by molar-refractivity contribution is 5.91. The lowest BCUT2D eigenvalue weighted by atomic mass is 10.3. The zero-order chi connectivity index (χ0) is 12.3. The minimum Gasteiger partial charge on any atom is -0.460 e. The van der Waals surface area contributed by atoms with Crippen LogP contribution in [-0.4, -0.2) is 18.2 Å². The molecule has 0 bridgehead atoms. The van der Waals surface area contributed by atoms with Crippen molar-refractivity contribution in [3.63, 3.8) is 0 Å². The van der Waals surface area contributed by atoms with Crippen molar-refractivity contribution in [1.29, 1.82) is 0 Å². The number of carbonyl (C=O) groups excluding carboxylic acids is 1. The first-order valence-corrected chi connectivity index (χ1v) is 5.23. The van der Waals surface area contributed by atoms with Crippen LogP contribution in [0.2, 0.25) is 0 Å². The third kappa shape index (κ3) is 2.70. The summed E-state index contributed by atoms with van der Waals surface area (Å²) in [6.07, 6.45) is 2.97. The standard InChI is InChI=1S/C12H13N3O2/c1-8(13)12(16)15-9-6-14-10-4-2-3-5-11(10)17-7-9/h2-8H,13H2,1H3,(H,15,16)/t8-/m0/s1. The largest absolute Gasteiger partial charge is 0.460 e. The Morgan fingerprint density at radius 2 is 2.24 bits per heavy atom. The normalized spacial score (nSPS) is 15.1. The molecule has 5 heteroatoms. The van der Waals surface area contributed by atoms with Crippen LogP contribution in [-0.2, 0) is 4.79 Å². The number of hydrogen-bond acceptors (Lipinski definition) is 4. The lowest BCUT2D eigenvalue weighted by Crippen LogP contribution is -2.38. The maximum Gasteiger partial charge on any atom is 0.241 e. The van der Waals surface area contributed by atoms with E-state index in [0.717, 1.165) is 0 Å². The quantitative estimate of drug-likeness (QED) is 0.799. The van der Waals surface area contributed by atoms with Crippen molar-refractivity contribution in [2.75, 3.05) is 0 Å². The van der Waals surface area contributed by atoms with Gasteiger partial charge in [-0.05, 0) is 19.1 Å². The predicted molar refractivity (Wildman–Crippen MR) is 65.1 cm³/mol. The third-order valence-electron chi connectivity index (χ3n) is 2.20. The number of ether oxygens (including phenoxy) is 1. The molecule has 0 unspecified atom stereocenters. The highest BCUT2D eigenvalue weighted by Gasteiger charge is 2.11. The SMILES string of the molecule is C[C@H](N)C(=O)NC1=COc2ccccc2N=C1. The van der Waals surface area contributed by atoms with E-state index in [1.807, 2.05) is 18.2 Å². The van der Waals surface area contributed by atoms with E-state index in [9.17, 15) is 4.79 Å². The van der Waals surface area contributed by atoms with Gasteiger partial charge >= 0.3 is 0 Å². The zero-order valence-corrected chi connectivity index (χ0v) is 9.38. The number of aliphatic imine (C=N–C) groups is 1. The van der Waals surface area contributed by atoms with Gasteiger partial charge in [0.05, 0.1) is 18.0 Å². The molecule has 1 aliphatic heterocycles. The first-order chi connectivity index (χ1) is 8.16. The van der Waals surface area contributed by atoms with Crippen molar-refractivity contribution in [1.82, 2.24) is 5.32 Å². The molecule has 0 aliphatic carbocycles. The van der Waals surface area contributed by atoms with Crippen molar-refractivity contribution in [3.8, 4) is 5.75 Å². The molecule has 3 N–H and O–H groups in total. The van der Waals surface area contributed by atoms with E-state index < -0.39 is 6.04 Å². The van der Waals surface area contributed by atoms with Crippen LogP contribution in [0.4, 0.5) is 5.69 Å². The van der Waals surface area contributed by atoms with Gasteiger partial charge in [-0.15, -0.1) is 0 Å². The van der Waals surface area contributed by atoms with Gasteiger partial charge in [0.1, 0.15) is 11.9 Å². The summed E-state index contributed by atoms with van der Waals surface area (Å²) < 4.78 is 5.40. The van der Waals surface area contributed by atoms with Crippen molar-refractivity contribution in [3.05, 3.63) is 36.2 Å². The summed E-state index contributed by atoms with van der Waals surface area (Å²) in [4.78, 5) is 15.6. The number of para-hydroxylation sites is 2. The molecular weight excluding hydrogens is 218 g/mol. The first-order valence-electron chi connectivity index (χ1n) is 5.23. The van der Waals surface area contributed by atoms with E-state index in [2.05, 4.69) is 10.3 Å². The average molecular weight is 231 g/mol. The molecule has 5 nitrogen and oxygen atoms in total. The molecular formula is C12H13N3O2. The average Bonchev–Trinajstić information content (AvgIpc) is 2.52. The second-order valence-electron chi connectivity index (χ2n) is 3.69. The second-order valence-corrected chi connectivity index (χ2v) is 3.69. The fourth-order valence-electron chi connectivity index (χ4n) is 1.28. The smallest absolute Gasteiger partial charge is 0.241 e. The summed E-state index contributed by atoms with van der Waals surface area (Å²) in [7, 11) is 0. The second kappa shape index (κ2) is 4.80. The van der Waals surface area contributed by atoms with Gasteiger partial charge < -0.3 is 15.8 Å². The molecule has 1 heterocycles. The van der Waals surface area contributed by atoms with E-state index in [-0.39, 0.29) is 5.91 Å². The summed E-state index contributed by atoms with van der Waals surface area (Å²) in [6, 6.07) is 6.78. The maximum atomic E-state index is 11.4. The summed E-state index contributed by atoms with van der Waals surface area (Å²) >= 11 is 0. The molecule has 0 aromatic heterocycles. The van der Waals surface area contributed by atoms with E-state index >= 15 is 0 Å². The van der Waals surface area contributed by atoms with E-state index in [1.54, 1.807) is 13.0 Å². The van der Waals surface area contributed by atoms with Crippen molar-refractivity contribution in [2.24, 2.45) is 10.7 Å². The molecule has 0 radical (unpaired) electrons. The molecule has 1 aromatic carbocycles. The Hall–Kier alpha value is -2.14. The Kier molecular flexibility index (Phi) is 3.20. The molecule has 88 valence electrons. The van der Waals surface area contributed by atoms with Crippen LogP contribution in [0.3, 0.4) is 0 Å². The van der Waals surface area contributed by atoms with Gasteiger partial charge in [-0.3, -0.25) is 9.79 Å². The van der Waals surface area contributed by atoms with Gasteiger partial charge in [-0.2, -0.15) is 0 Å². The number of benzene rings is 1. The number of allylic oxidation sites excluding steroid dienone is 1. The van der Waals surface area contributed by atoms with Gasteiger partial charge in [0.25, 0.3) is 0 Å². The van der Waals surface area contributed by atoms with Crippen molar-refractivity contribution in [2.45, 2.75) is 13.0 Å². The Bertz CT molecular complexity index is 492. The summed E-state index contributed by atoms with van der Waals surface area (Å²) in [5.74, 6) is 0.367. The fourth-order valence-corrected chi connectivity index (χ4v) is 1.28.